The number of rotatable bonds is 5. The van der Waals surface area contributed by atoms with Crippen molar-refractivity contribution in [3.8, 4) is 23.0 Å². The third-order valence-corrected chi connectivity index (χ3v) is 5.08. The van der Waals surface area contributed by atoms with Gasteiger partial charge in [0.15, 0.2) is 23.0 Å². The van der Waals surface area contributed by atoms with E-state index in [1.54, 1.807) is 14.2 Å². The average Bonchev–Trinajstić information content (AvgIpc) is 3.17. The molecule has 0 fully saturated rings. The van der Waals surface area contributed by atoms with Crippen molar-refractivity contribution in [3.05, 3.63) is 53.1 Å². The Balaban J connectivity index is 0.00000225. The van der Waals surface area contributed by atoms with Crippen molar-refractivity contribution in [2.75, 3.05) is 27.6 Å². The highest BCUT2D eigenvalue weighted by Crippen LogP contribution is 2.40. The first kappa shape index (κ1) is 20.1. The standard InChI is InChI=1S/C22H23NO4.ClH/c1-4-15-12-23-18(17-11-22-21(10-16(15)17)26-13-27-22)7-5-14-6-8-19(24-2)20(9-14)25-3;/h5-11,15H,4,12-13H2,1-3H3;1H. The lowest BCUT2D eigenvalue weighted by Gasteiger charge is -2.23. The van der Waals surface area contributed by atoms with Gasteiger partial charge in [-0.25, -0.2) is 0 Å². The maximum absolute atomic E-state index is 5.57. The number of benzene rings is 2. The summed E-state index contributed by atoms with van der Waals surface area (Å²) in [5.74, 6) is 3.45. The minimum atomic E-state index is 0. The fourth-order valence-electron chi connectivity index (χ4n) is 3.53. The van der Waals surface area contributed by atoms with Gasteiger partial charge in [0, 0.05) is 18.0 Å². The molecule has 0 radical (unpaired) electrons. The van der Waals surface area contributed by atoms with Crippen LogP contribution in [0.4, 0.5) is 0 Å². The fraction of sp³-hybridized carbons (Fsp3) is 0.318. The normalized spacial score (nSPS) is 17.0. The molecular formula is C22H24ClNO4. The molecule has 0 N–H and O–H groups in total. The number of fused-ring (bicyclic) bond motifs is 2. The second-order valence-electron chi connectivity index (χ2n) is 6.57. The number of aliphatic imine (C=N–C) groups is 1. The lowest BCUT2D eigenvalue weighted by molar-refractivity contribution is 0.174. The first-order chi connectivity index (χ1) is 13.2. The van der Waals surface area contributed by atoms with Gasteiger partial charge in [0.2, 0.25) is 6.79 Å². The van der Waals surface area contributed by atoms with Gasteiger partial charge in [-0.05, 0) is 47.9 Å². The van der Waals surface area contributed by atoms with Gasteiger partial charge >= 0.3 is 0 Å². The van der Waals surface area contributed by atoms with Crippen LogP contribution in [-0.4, -0.2) is 33.3 Å². The number of allylic oxidation sites excluding steroid dienone is 1. The maximum atomic E-state index is 5.57. The van der Waals surface area contributed by atoms with Crippen LogP contribution in [0.15, 0.2) is 41.4 Å². The van der Waals surface area contributed by atoms with Crippen molar-refractivity contribution in [1.29, 1.82) is 0 Å². The molecule has 6 heteroatoms. The Morgan fingerprint density at radius 3 is 2.50 bits per heavy atom. The van der Waals surface area contributed by atoms with Gasteiger partial charge in [-0.3, -0.25) is 4.99 Å². The van der Waals surface area contributed by atoms with Crippen LogP contribution in [0.25, 0.3) is 6.08 Å². The molecule has 0 saturated heterocycles. The molecule has 0 saturated carbocycles. The molecule has 2 aromatic carbocycles. The summed E-state index contributed by atoms with van der Waals surface area (Å²) in [4.78, 5) is 4.82. The van der Waals surface area contributed by atoms with Crippen LogP contribution in [0.1, 0.15) is 36.0 Å². The zero-order chi connectivity index (χ0) is 18.8. The van der Waals surface area contributed by atoms with E-state index in [4.69, 9.17) is 23.9 Å². The minimum absolute atomic E-state index is 0. The molecule has 2 aliphatic rings. The Bertz CT molecular complexity index is 923. The first-order valence-corrected chi connectivity index (χ1v) is 9.12. The quantitative estimate of drug-likeness (QED) is 0.717. The van der Waals surface area contributed by atoms with Crippen LogP contribution < -0.4 is 18.9 Å². The SMILES string of the molecule is CCC1CN=C(C=Cc2ccc(OC)c(OC)c2)c2cc3c(cc21)OCO3.Cl. The van der Waals surface area contributed by atoms with E-state index in [0.717, 1.165) is 41.3 Å². The summed E-state index contributed by atoms with van der Waals surface area (Å²) in [7, 11) is 3.27. The summed E-state index contributed by atoms with van der Waals surface area (Å²) in [5, 5.41) is 0. The molecule has 2 aromatic rings. The molecule has 2 heterocycles. The van der Waals surface area contributed by atoms with Gasteiger partial charge < -0.3 is 18.9 Å². The second-order valence-corrected chi connectivity index (χ2v) is 6.57. The highest BCUT2D eigenvalue weighted by Gasteiger charge is 2.25. The number of methoxy groups -OCH3 is 2. The molecule has 0 amide bonds. The zero-order valence-electron chi connectivity index (χ0n) is 16.2. The van der Waals surface area contributed by atoms with Crippen molar-refractivity contribution in [3.63, 3.8) is 0 Å². The molecule has 0 aromatic heterocycles. The maximum Gasteiger partial charge on any atom is 0.231 e. The molecule has 5 nitrogen and oxygen atoms in total. The van der Waals surface area contributed by atoms with Gasteiger partial charge in [-0.2, -0.15) is 0 Å². The summed E-state index contributed by atoms with van der Waals surface area (Å²) in [6.45, 7) is 3.26. The van der Waals surface area contributed by atoms with Gasteiger partial charge in [-0.1, -0.05) is 19.1 Å². The van der Waals surface area contributed by atoms with Crippen LogP contribution >= 0.6 is 12.4 Å². The van der Waals surface area contributed by atoms with Crippen LogP contribution in [0.5, 0.6) is 23.0 Å². The van der Waals surface area contributed by atoms with Gasteiger partial charge in [0.25, 0.3) is 0 Å². The van der Waals surface area contributed by atoms with Crippen LogP contribution in [0.2, 0.25) is 0 Å². The van der Waals surface area contributed by atoms with Crippen molar-refractivity contribution in [2.24, 2.45) is 4.99 Å². The minimum Gasteiger partial charge on any atom is -0.493 e. The lowest BCUT2D eigenvalue weighted by Crippen LogP contribution is -2.16. The molecule has 2 aliphatic heterocycles. The highest BCUT2D eigenvalue weighted by molar-refractivity contribution is 6.12. The Labute approximate surface area is 171 Å². The number of hydrogen-bond acceptors (Lipinski definition) is 5. The van der Waals surface area contributed by atoms with Crippen molar-refractivity contribution < 1.29 is 18.9 Å². The van der Waals surface area contributed by atoms with Crippen molar-refractivity contribution >= 4 is 24.2 Å². The van der Waals surface area contributed by atoms with Crippen LogP contribution in [-0.2, 0) is 0 Å². The number of halogens is 1. The van der Waals surface area contributed by atoms with Gasteiger partial charge in [-0.15, -0.1) is 12.4 Å². The third kappa shape index (κ3) is 3.67. The van der Waals surface area contributed by atoms with E-state index < -0.39 is 0 Å². The van der Waals surface area contributed by atoms with E-state index in [1.165, 1.54) is 5.56 Å². The third-order valence-electron chi connectivity index (χ3n) is 5.08. The summed E-state index contributed by atoms with van der Waals surface area (Å²) >= 11 is 0. The van der Waals surface area contributed by atoms with E-state index in [2.05, 4.69) is 19.1 Å². The molecule has 28 heavy (non-hydrogen) atoms. The highest BCUT2D eigenvalue weighted by atomic mass is 35.5. The van der Waals surface area contributed by atoms with Crippen LogP contribution in [0.3, 0.4) is 0 Å². The largest absolute Gasteiger partial charge is 0.493 e. The van der Waals surface area contributed by atoms with Crippen LogP contribution in [0, 0.1) is 0 Å². The van der Waals surface area contributed by atoms with E-state index in [1.807, 2.05) is 30.4 Å². The molecule has 0 bridgehead atoms. The average molecular weight is 402 g/mol. The number of hydrogen-bond donors (Lipinski definition) is 0. The van der Waals surface area contributed by atoms with E-state index in [-0.39, 0.29) is 19.2 Å². The molecule has 4 rings (SSSR count). The smallest absolute Gasteiger partial charge is 0.231 e. The van der Waals surface area contributed by atoms with E-state index in [0.29, 0.717) is 17.4 Å². The Hall–Kier alpha value is -2.66. The summed E-state index contributed by atoms with van der Waals surface area (Å²) in [6.07, 6.45) is 5.14. The summed E-state index contributed by atoms with van der Waals surface area (Å²) in [6, 6.07) is 10.0. The number of ether oxygens (including phenoxy) is 4. The molecule has 0 spiro atoms. The summed E-state index contributed by atoms with van der Waals surface area (Å²) < 4.78 is 21.8. The first-order valence-electron chi connectivity index (χ1n) is 9.12. The Kier molecular flexibility index (Phi) is 6.15. The van der Waals surface area contributed by atoms with Crippen molar-refractivity contribution in [1.82, 2.24) is 0 Å². The Morgan fingerprint density at radius 1 is 1.04 bits per heavy atom. The second kappa shape index (κ2) is 8.57. The number of nitrogens with zero attached hydrogens (tertiary/aromatic N) is 1. The topological polar surface area (TPSA) is 49.3 Å². The predicted molar refractivity (Wildman–Crippen MR) is 113 cm³/mol. The monoisotopic (exact) mass is 401 g/mol. The van der Waals surface area contributed by atoms with Gasteiger partial charge in [0.1, 0.15) is 0 Å². The van der Waals surface area contributed by atoms with Gasteiger partial charge in [0.05, 0.1) is 19.9 Å². The molecule has 148 valence electrons. The molecule has 1 atom stereocenters. The predicted octanol–water partition coefficient (Wildman–Crippen LogP) is 4.86. The summed E-state index contributed by atoms with van der Waals surface area (Å²) in [5.41, 5.74) is 4.39. The molecule has 1 unspecified atom stereocenters. The van der Waals surface area contributed by atoms with E-state index >= 15 is 0 Å². The molecular weight excluding hydrogens is 378 g/mol. The lowest BCUT2D eigenvalue weighted by atomic mass is 9.87. The van der Waals surface area contributed by atoms with Crippen molar-refractivity contribution in [2.45, 2.75) is 19.3 Å². The van der Waals surface area contributed by atoms with E-state index in [9.17, 15) is 0 Å². The zero-order valence-corrected chi connectivity index (χ0v) is 17.0. The molecule has 0 aliphatic carbocycles. The fourth-order valence-corrected chi connectivity index (χ4v) is 3.53. The Morgan fingerprint density at radius 2 is 1.79 bits per heavy atom.